The average Bonchev–Trinajstić information content (AvgIpc) is 3.51. The topological polar surface area (TPSA) is 110 Å². The van der Waals surface area contributed by atoms with Crippen molar-refractivity contribution in [3.05, 3.63) is 40.7 Å². The van der Waals surface area contributed by atoms with Crippen molar-refractivity contribution in [3.63, 3.8) is 0 Å². The lowest BCUT2D eigenvalue weighted by atomic mass is 10.1. The van der Waals surface area contributed by atoms with Gasteiger partial charge in [-0.3, -0.25) is 14.7 Å². The minimum absolute atomic E-state index is 0.0195. The Morgan fingerprint density at radius 2 is 1.97 bits per heavy atom. The molecule has 2 aromatic heterocycles. The summed E-state index contributed by atoms with van der Waals surface area (Å²) in [5.41, 5.74) is 2.92. The summed E-state index contributed by atoms with van der Waals surface area (Å²) in [6.07, 6.45) is 4.65. The number of aromatic amines is 1. The number of benzene rings is 1. The van der Waals surface area contributed by atoms with Crippen LogP contribution in [0, 0.1) is 5.92 Å². The van der Waals surface area contributed by atoms with E-state index in [0.717, 1.165) is 61.6 Å². The van der Waals surface area contributed by atoms with Gasteiger partial charge in [-0.05, 0) is 42.0 Å². The molecule has 0 radical (unpaired) electrons. The van der Waals surface area contributed by atoms with Gasteiger partial charge in [0.05, 0.1) is 16.6 Å². The molecule has 3 aliphatic heterocycles. The number of aliphatic imine (C=N–C) groups is 1. The largest absolute Gasteiger partial charge is 0.494 e. The molecule has 1 aromatic carbocycles. The Bertz CT molecular complexity index is 1280. The molecule has 176 valence electrons. The van der Waals surface area contributed by atoms with Crippen molar-refractivity contribution in [2.75, 3.05) is 44.2 Å². The van der Waals surface area contributed by atoms with E-state index in [4.69, 9.17) is 11.6 Å². The fourth-order valence-corrected chi connectivity index (χ4v) is 5.38. The zero-order valence-electron chi connectivity index (χ0n) is 18.7. The molecule has 2 atom stereocenters. The molecule has 0 spiro atoms. The van der Waals surface area contributed by atoms with Crippen LogP contribution in [0.15, 0.2) is 29.5 Å². The average molecular weight is 480 g/mol. The summed E-state index contributed by atoms with van der Waals surface area (Å²) >= 11 is 6.50. The van der Waals surface area contributed by atoms with Crippen molar-refractivity contribution in [3.8, 4) is 5.88 Å². The van der Waals surface area contributed by atoms with Gasteiger partial charge in [-0.25, -0.2) is 9.97 Å². The molecule has 9 nitrogen and oxygen atoms in total. The summed E-state index contributed by atoms with van der Waals surface area (Å²) in [5.74, 6) is 1.48. The molecule has 34 heavy (non-hydrogen) atoms. The number of rotatable bonds is 0. The van der Waals surface area contributed by atoms with E-state index in [1.165, 1.54) is 6.33 Å². The number of nitrogens with one attached hydrogen (secondary N) is 2. The molecule has 4 bridgehead atoms. The number of halogens is 1. The minimum Gasteiger partial charge on any atom is -0.494 e. The van der Waals surface area contributed by atoms with E-state index >= 15 is 0 Å². The molecule has 4 aliphatic rings. The molecular weight excluding hydrogens is 454 g/mol. The van der Waals surface area contributed by atoms with E-state index in [1.807, 2.05) is 18.2 Å². The van der Waals surface area contributed by atoms with Crippen molar-refractivity contribution in [2.45, 2.75) is 18.8 Å². The van der Waals surface area contributed by atoms with Crippen LogP contribution in [0.25, 0.3) is 11.0 Å². The molecule has 5 heterocycles. The number of hydrogen-bond acceptors (Lipinski definition) is 7. The van der Waals surface area contributed by atoms with Gasteiger partial charge in [-0.2, -0.15) is 0 Å². The summed E-state index contributed by atoms with van der Waals surface area (Å²) in [6.45, 7) is 4.81. The summed E-state index contributed by atoms with van der Waals surface area (Å²) < 4.78 is 0. The first-order chi connectivity index (χ1) is 16.6. The minimum atomic E-state index is 0.0195. The number of aromatic hydroxyl groups is 1. The normalized spacial score (nSPS) is 24.8. The van der Waals surface area contributed by atoms with E-state index < -0.39 is 0 Å². The van der Waals surface area contributed by atoms with Gasteiger partial charge in [-0.15, -0.1) is 0 Å². The monoisotopic (exact) mass is 479 g/mol. The zero-order chi connectivity index (χ0) is 23.2. The fourth-order valence-electron chi connectivity index (χ4n) is 5.12. The molecule has 3 N–H and O–H groups in total. The van der Waals surface area contributed by atoms with E-state index in [9.17, 15) is 9.90 Å². The number of amides is 1. The number of aromatic nitrogens is 3. The molecule has 1 amide bonds. The van der Waals surface area contributed by atoms with Gasteiger partial charge in [0.2, 0.25) is 5.91 Å². The van der Waals surface area contributed by atoms with Crippen molar-refractivity contribution in [2.24, 2.45) is 10.9 Å². The van der Waals surface area contributed by atoms with Crippen LogP contribution in [0.3, 0.4) is 0 Å². The highest BCUT2D eigenvalue weighted by atomic mass is 35.5. The summed E-state index contributed by atoms with van der Waals surface area (Å²) in [5, 5.41) is 15.2. The van der Waals surface area contributed by atoms with Gasteiger partial charge in [0.1, 0.15) is 17.8 Å². The number of hydrogen-bond donors (Lipinski definition) is 3. The molecule has 1 saturated carbocycles. The maximum Gasteiger partial charge on any atom is 0.220 e. The standard InChI is InChI=1S/C24H26ClN7O2/c25-19-2-1-15-11-17(19)16-9-14(16)10-20(33)26-3-4-31-5-7-32(8-6-31)23-21-18(12-27-15)24(34)30-22(21)28-13-29-23/h1-2,11-14,16,34H,3-10H2,(H,26,33)(H,28,29,30). The van der Waals surface area contributed by atoms with E-state index in [2.05, 4.69) is 35.1 Å². The van der Waals surface area contributed by atoms with Gasteiger partial charge in [0.25, 0.3) is 0 Å². The summed E-state index contributed by atoms with van der Waals surface area (Å²) in [4.78, 5) is 33.5. The van der Waals surface area contributed by atoms with Crippen LogP contribution < -0.4 is 10.2 Å². The van der Waals surface area contributed by atoms with Crippen LogP contribution in [0.4, 0.5) is 11.5 Å². The highest BCUT2D eigenvalue weighted by Crippen LogP contribution is 2.52. The lowest BCUT2D eigenvalue weighted by molar-refractivity contribution is -0.121. The first-order valence-electron chi connectivity index (χ1n) is 11.7. The maximum absolute atomic E-state index is 12.5. The van der Waals surface area contributed by atoms with Crippen molar-refractivity contribution >= 4 is 46.3 Å². The van der Waals surface area contributed by atoms with Crippen LogP contribution in [0.5, 0.6) is 5.88 Å². The second-order valence-electron chi connectivity index (χ2n) is 9.26. The number of nitrogens with zero attached hydrogens (tertiary/aromatic N) is 5. The Morgan fingerprint density at radius 3 is 2.82 bits per heavy atom. The summed E-state index contributed by atoms with van der Waals surface area (Å²) in [7, 11) is 0. The molecule has 1 saturated heterocycles. The Balaban J connectivity index is 1.40. The summed E-state index contributed by atoms with van der Waals surface area (Å²) in [6, 6.07) is 5.69. The van der Waals surface area contributed by atoms with Gasteiger partial charge in [0, 0.05) is 56.9 Å². The first-order valence-corrected chi connectivity index (χ1v) is 12.1. The van der Waals surface area contributed by atoms with Crippen LogP contribution in [-0.4, -0.2) is 76.3 Å². The molecule has 2 unspecified atom stereocenters. The molecule has 1 aliphatic carbocycles. The third-order valence-electron chi connectivity index (χ3n) is 7.10. The number of carbonyl (C=O) groups is 1. The quantitative estimate of drug-likeness (QED) is 0.457. The van der Waals surface area contributed by atoms with Gasteiger partial charge in [-0.1, -0.05) is 11.6 Å². The highest BCUT2D eigenvalue weighted by molar-refractivity contribution is 6.31. The zero-order valence-corrected chi connectivity index (χ0v) is 19.4. The van der Waals surface area contributed by atoms with Gasteiger partial charge < -0.3 is 20.3 Å². The second kappa shape index (κ2) is 8.56. The SMILES string of the molecule is O=C1CC2CC2c2cc(ccc2Cl)N=Cc2c(O)[nH]c3ncnc(c23)N2CCN(CCN1)CC2. The maximum atomic E-state index is 12.5. The number of piperazine rings is 1. The highest BCUT2D eigenvalue weighted by Gasteiger charge is 2.40. The van der Waals surface area contributed by atoms with Crippen LogP contribution in [0.1, 0.15) is 29.9 Å². The number of fused-ring (bicyclic) bond motifs is 6. The second-order valence-corrected chi connectivity index (χ2v) is 9.66. The number of carbonyl (C=O) groups excluding carboxylic acids is 1. The predicted octanol–water partition coefficient (Wildman–Crippen LogP) is 2.81. The third kappa shape index (κ3) is 3.99. The van der Waals surface area contributed by atoms with E-state index in [1.54, 1.807) is 6.21 Å². The molecule has 3 aromatic rings. The van der Waals surface area contributed by atoms with Crippen LogP contribution in [-0.2, 0) is 4.79 Å². The van der Waals surface area contributed by atoms with Crippen molar-refractivity contribution in [1.82, 2.24) is 25.2 Å². The molecular formula is C24H26ClN7O2. The van der Waals surface area contributed by atoms with E-state index in [0.29, 0.717) is 35.1 Å². The van der Waals surface area contributed by atoms with Crippen LogP contribution in [0.2, 0.25) is 5.02 Å². The smallest absolute Gasteiger partial charge is 0.220 e. The molecule has 7 rings (SSSR count). The third-order valence-corrected chi connectivity index (χ3v) is 7.45. The Morgan fingerprint density at radius 1 is 1.12 bits per heavy atom. The van der Waals surface area contributed by atoms with Gasteiger partial charge in [0.15, 0.2) is 5.88 Å². The van der Waals surface area contributed by atoms with Crippen molar-refractivity contribution < 1.29 is 9.90 Å². The number of H-pyrrole nitrogens is 1. The first kappa shape index (κ1) is 21.4. The molecule has 2 fully saturated rings. The lowest BCUT2D eigenvalue weighted by Gasteiger charge is -2.35. The Kier molecular flexibility index (Phi) is 5.38. The van der Waals surface area contributed by atoms with Crippen LogP contribution >= 0.6 is 11.6 Å². The number of anilines is 1. The molecule has 10 heteroatoms. The van der Waals surface area contributed by atoms with Gasteiger partial charge >= 0.3 is 0 Å². The Hall–Kier alpha value is -3.17. The Labute approximate surface area is 201 Å². The van der Waals surface area contributed by atoms with E-state index in [-0.39, 0.29) is 17.7 Å². The van der Waals surface area contributed by atoms with Crippen molar-refractivity contribution in [1.29, 1.82) is 0 Å². The predicted molar refractivity (Wildman–Crippen MR) is 131 cm³/mol. The fraction of sp³-hybridized carbons (Fsp3) is 0.417. The lowest BCUT2D eigenvalue weighted by Crippen LogP contribution is -2.48.